The fraction of sp³-hybridized carbons (Fsp3) is 0.231. The summed E-state index contributed by atoms with van der Waals surface area (Å²) in [6.45, 7) is 0.338. The van der Waals surface area contributed by atoms with E-state index >= 15 is 0 Å². The van der Waals surface area contributed by atoms with Crippen molar-refractivity contribution in [3.05, 3.63) is 45.9 Å². The lowest BCUT2D eigenvalue weighted by Crippen LogP contribution is -2.30. The monoisotopic (exact) mass is 349 g/mol. The number of halogens is 4. The van der Waals surface area contributed by atoms with E-state index in [4.69, 9.17) is 11.6 Å². The van der Waals surface area contributed by atoms with Crippen LogP contribution in [-0.2, 0) is 12.6 Å². The lowest BCUT2D eigenvalue weighted by atomic mass is 10.1. The Morgan fingerprint density at radius 2 is 1.95 bits per heavy atom. The third kappa shape index (κ3) is 4.88. The van der Waals surface area contributed by atoms with Gasteiger partial charge in [-0.3, -0.25) is 5.32 Å². The van der Waals surface area contributed by atoms with Gasteiger partial charge in [-0.05, 0) is 24.1 Å². The Morgan fingerprint density at radius 1 is 1.27 bits per heavy atom. The molecule has 2 rings (SSSR count). The van der Waals surface area contributed by atoms with E-state index in [1.54, 1.807) is 12.1 Å². The third-order valence-corrected chi connectivity index (χ3v) is 3.64. The van der Waals surface area contributed by atoms with E-state index in [-0.39, 0.29) is 5.13 Å². The number of benzene rings is 1. The van der Waals surface area contributed by atoms with Gasteiger partial charge in [0.2, 0.25) is 0 Å². The molecule has 0 saturated heterocycles. The number of anilines is 1. The zero-order valence-corrected chi connectivity index (χ0v) is 12.6. The minimum atomic E-state index is -4.51. The Morgan fingerprint density at radius 3 is 2.55 bits per heavy atom. The molecular formula is C13H11ClF3N3OS. The van der Waals surface area contributed by atoms with Crippen LogP contribution in [0.5, 0.6) is 0 Å². The molecule has 2 amide bonds. The smallest absolute Gasteiger partial charge is 0.337 e. The number of amides is 2. The molecule has 0 aliphatic rings. The molecule has 0 saturated carbocycles. The van der Waals surface area contributed by atoms with Crippen LogP contribution in [0.4, 0.5) is 23.1 Å². The van der Waals surface area contributed by atoms with Crippen LogP contribution >= 0.6 is 22.9 Å². The van der Waals surface area contributed by atoms with Gasteiger partial charge < -0.3 is 5.32 Å². The van der Waals surface area contributed by atoms with E-state index in [0.29, 0.717) is 18.0 Å². The van der Waals surface area contributed by atoms with Gasteiger partial charge >= 0.3 is 12.2 Å². The lowest BCUT2D eigenvalue weighted by molar-refractivity contribution is -0.140. The van der Waals surface area contributed by atoms with E-state index in [1.165, 1.54) is 0 Å². The molecule has 0 aliphatic heterocycles. The predicted octanol–water partition coefficient (Wildman–Crippen LogP) is 4.18. The molecule has 0 radical (unpaired) electrons. The van der Waals surface area contributed by atoms with Crippen molar-refractivity contribution in [2.45, 2.75) is 12.6 Å². The van der Waals surface area contributed by atoms with Crippen LogP contribution in [0.25, 0.3) is 0 Å². The number of nitrogens with zero attached hydrogens (tertiary/aromatic N) is 1. The molecule has 22 heavy (non-hydrogen) atoms. The first-order chi connectivity index (χ1) is 10.3. The zero-order valence-electron chi connectivity index (χ0n) is 11.1. The summed E-state index contributed by atoms with van der Waals surface area (Å²) in [6.07, 6.45) is -3.93. The van der Waals surface area contributed by atoms with Crippen molar-refractivity contribution in [3.8, 4) is 0 Å². The van der Waals surface area contributed by atoms with E-state index < -0.39 is 17.9 Å². The number of aromatic nitrogens is 1. The van der Waals surface area contributed by atoms with Gasteiger partial charge in [-0.25, -0.2) is 9.78 Å². The van der Waals surface area contributed by atoms with Crippen molar-refractivity contribution >= 4 is 34.1 Å². The fourth-order valence-corrected chi connectivity index (χ4v) is 2.41. The summed E-state index contributed by atoms with van der Waals surface area (Å²) in [5.41, 5.74) is -0.0349. The fourth-order valence-electron chi connectivity index (χ4n) is 1.57. The molecule has 0 aliphatic carbocycles. The van der Waals surface area contributed by atoms with Crippen LogP contribution in [0.3, 0.4) is 0 Å². The Balaban J connectivity index is 1.78. The molecule has 1 aromatic heterocycles. The summed E-state index contributed by atoms with van der Waals surface area (Å²) in [5, 5.41) is 6.18. The molecule has 0 unspecified atom stereocenters. The summed E-state index contributed by atoms with van der Waals surface area (Å²) < 4.78 is 37.1. The number of urea groups is 1. The molecular weight excluding hydrogens is 339 g/mol. The number of hydrogen-bond acceptors (Lipinski definition) is 3. The molecule has 1 aromatic carbocycles. The molecule has 0 bridgehead atoms. The second kappa shape index (κ2) is 6.97. The van der Waals surface area contributed by atoms with Crippen molar-refractivity contribution in [2.24, 2.45) is 0 Å². The molecule has 1 heterocycles. The van der Waals surface area contributed by atoms with Gasteiger partial charge in [-0.1, -0.05) is 23.7 Å². The number of hydrogen-bond donors (Lipinski definition) is 2. The van der Waals surface area contributed by atoms with Gasteiger partial charge in [0.1, 0.15) is 0 Å². The van der Waals surface area contributed by atoms with Crippen LogP contribution in [-0.4, -0.2) is 17.6 Å². The Labute approximate surface area is 133 Å². The molecule has 0 spiro atoms. The predicted molar refractivity (Wildman–Crippen MR) is 79.3 cm³/mol. The van der Waals surface area contributed by atoms with Gasteiger partial charge in [-0.15, -0.1) is 11.3 Å². The second-order valence-electron chi connectivity index (χ2n) is 4.29. The summed E-state index contributed by atoms with van der Waals surface area (Å²) >= 11 is 6.47. The quantitative estimate of drug-likeness (QED) is 0.870. The topological polar surface area (TPSA) is 54.0 Å². The van der Waals surface area contributed by atoms with E-state index in [2.05, 4.69) is 15.6 Å². The highest BCUT2D eigenvalue weighted by Gasteiger charge is 2.33. The van der Waals surface area contributed by atoms with Crippen molar-refractivity contribution < 1.29 is 18.0 Å². The summed E-state index contributed by atoms with van der Waals surface area (Å²) in [5.74, 6) is 0. The second-order valence-corrected chi connectivity index (χ2v) is 5.59. The van der Waals surface area contributed by atoms with Gasteiger partial charge in [0.15, 0.2) is 10.8 Å². The Bertz CT molecular complexity index is 643. The maximum Gasteiger partial charge on any atom is 0.434 e. The van der Waals surface area contributed by atoms with Crippen LogP contribution in [0, 0.1) is 0 Å². The van der Waals surface area contributed by atoms with Gasteiger partial charge in [0.05, 0.1) is 0 Å². The SMILES string of the molecule is O=C(NCCc1ccc(Cl)cc1)Nc1nc(C(F)(F)F)cs1. The van der Waals surface area contributed by atoms with Crippen molar-refractivity contribution in [3.63, 3.8) is 0 Å². The lowest BCUT2D eigenvalue weighted by Gasteiger charge is -2.06. The average molecular weight is 350 g/mol. The molecule has 2 aromatic rings. The van der Waals surface area contributed by atoms with Crippen molar-refractivity contribution in [1.29, 1.82) is 0 Å². The van der Waals surface area contributed by atoms with Crippen LogP contribution in [0.1, 0.15) is 11.3 Å². The molecule has 118 valence electrons. The zero-order chi connectivity index (χ0) is 16.2. The molecule has 0 fully saturated rings. The van der Waals surface area contributed by atoms with E-state index in [9.17, 15) is 18.0 Å². The largest absolute Gasteiger partial charge is 0.434 e. The maximum atomic E-state index is 12.4. The number of nitrogens with one attached hydrogen (secondary N) is 2. The number of thiazole rings is 1. The van der Waals surface area contributed by atoms with Crippen molar-refractivity contribution in [2.75, 3.05) is 11.9 Å². The molecule has 9 heteroatoms. The molecule has 4 nitrogen and oxygen atoms in total. The van der Waals surface area contributed by atoms with Crippen molar-refractivity contribution in [1.82, 2.24) is 10.3 Å². The Kier molecular flexibility index (Phi) is 5.25. The number of carbonyl (C=O) groups excluding carboxylic acids is 1. The van der Waals surface area contributed by atoms with Gasteiger partial charge in [0, 0.05) is 16.9 Å². The number of alkyl halides is 3. The minimum Gasteiger partial charge on any atom is -0.337 e. The maximum absolute atomic E-state index is 12.4. The third-order valence-electron chi connectivity index (χ3n) is 2.63. The first kappa shape index (κ1) is 16.6. The van der Waals surface area contributed by atoms with Gasteiger partial charge in [0.25, 0.3) is 0 Å². The first-order valence-corrected chi connectivity index (χ1v) is 7.42. The highest BCUT2D eigenvalue weighted by molar-refractivity contribution is 7.13. The Hall–Kier alpha value is -1.80. The number of rotatable bonds is 4. The average Bonchev–Trinajstić information content (AvgIpc) is 2.89. The van der Waals surface area contributed by atoms with E-state index in [0.717, 1.165) is 22.3 Å². The van der Waals surface area contributed by atoms with Gasteiger partial charge in [-0.2, -0.15) is 13.2 Å². The summed E-state index contributed by atoms with van der Waals surface area (Å²) in [4.78, 5) is 14.9. The minimum absolute atomic E-state index is 0.101. The highest BCUT2D eigenvalue weighted by Crippen LogP contribution is 2.31. The highest BCUT2D eigenvalue weighted by atomic mass is 35.5. The molecule has 0 atom stereocenters. The molecule has 2 N–H and O–H groups in total. The first-order valence-electron chi connectivity index (χ1n) is 6.16. The van der Waals surface area contributed by atoms with Crippen LogP contribution in [0.15, 0.2) is 29.6 Å². The number of carbonyl (C=O) groups is 1. The summed E-state index contributed by atoms with van der Waals surface area (Å²) in [6, 6.07) is 6.55. The normalized spacial score (nSPS) is 11.3. The van der Waals surface area contributed by atoms with E-state index in [1.807, 2.05) is 12.1 Å². The standard InChI is InChI=1S/C13H11ClF3N3OS/c14-9-3-1-8(2-4-9)5-6-18-11(21)20-12-19-10(7-22-12)13(15,16)17/h1-4,7H,5-6H2,(H2,18,19,20,21). The van der Waals surface area contributed by atoms with Crippen LogP contribution < -0.4 is 10.6 Å². The summed E-state index contributed by atoms with van der Waals surface area (Å²) in [7, 11) is 0. The van der Waals surface area contributed by atoms with Crippen LogP contribution in [0.2, 0.25) is 5.02 Å².